The monoisotopic (exact) mass is 366 g/mol. The highest BCUT2D eigenvalue weighted by atomic mass is 16.2. The molecule has 1 aliphatic rings. The molecule has 3 aromatic rings. The molecule has 1 aliphatic carbocycles. The zero-order valence-electron chi connectivity index (χ0n) is 15.9. The molecule has 0 atom stereocenters. The molecule has 4 rings (SSSR count). The summed E-state index contributed by atoms with van der Waals surface area (Å²) in [7, 11) is 0. The average molecular weight is 366 g/mol. The third kappa shape index (κ3) is 3.97. The van der Waals surface area contributed by atoms with Crippen molar-refractivity contribution in [3.8, 4) is 0 Å². The van der Waals surface area contributed by atoms with Crippen LogP contribution in [0.1, 0.15) is 44.1 Å². The zero-order valence-corrected chi connectivity index (χ0v) is 15.9. The molecule has 0 unspecified atom stereocenters. The number of urea groups is 1. The van der Waals surface area contributed by atoms with Crippen molar-refractivity contribution in [2.75, 3.05) is 6.54 Å². The number of hydrogen-bond donors (Lipinski definition) is 2. The third-order valence-electron chi connectivity index (χ3n) is 5.05. The van der Waals surface area contributed by atoms with Gasteiger partial charge in [0, 0.05) is 43.3 Å². The van der Waals surface area contributed by atoms with Gasteiger partial charge < -0.3 is 19.8 Å². The Morgan fingerprint density at radius 2 is 2.22 bits per heavy atom. The van der Waals surface area contributed by atoms with Gasteiger partial charge in [-0.3, -0.25) is 0 Å². The molecule has 1 aromatic carbocycles. The molecule has 1 fully saturated rings. The smallest absolute Gasteiger partial charge is 0.317 e. The number of fused-ring (bicyclic) bond motifs is 1. The van der Waals surface area contributed by atoms with Gasteiger partial charge in [-0.1, -0.05) is 6.07 Å². The van der Waals surface area contributed by atoms with Crippen molar-refractivity contribution in [2.24, 2.45) is 0 Å². The summed E-state index contributed by atoms with van der Waals surface area (Å²) >= 11 is 0. The molecule has 27 heavy (non-hydrogen) atoms. The lowest BCUT2D eigenvalue weighted by atomic mass is 10.1. The fraction of sp³-hybridized carbons (Fsp3) is 0.450. The highest BCUT2D eigenvalue weighted by Gasteiger charge is 2.32. The van der Waals surface area contributed by atoms with Gasteiger partial charge in [0.25, 0.3) is 0 Å². The lowest BCUT2D eigenvalue weighted by Gasteiger charge is -2.23. The molecular formula is C20H26N6O. The van der Waals surface area contributed by atoms with E-state index in [1.54, 1.807) is 6.33 Å². The summed E-state index contributed by atoms with van der Waals surface area (Å²) in [6, 6.07) is 9.05. The number of nitrogens with zero attached hydrogens (tertiary/aromatic N) is 4. The Labute approximate surface area is 158 Å². The number of rotatable bonds is 7. The summed E-state index contributed by atoms with van der Waals surface area (Å²) in [6.45, 7) is 5.40. The van der Waals surface area contributed by atoms with E-state index in [2.05, 4.69) is 58.6 Å². The van der Waals surface area contributed by atoms with Crippen LogP contribution in [-0.4, -0.2) is 43.3 Å². The summed E-state index contributed by atoms with van der Waals surface area (Å²) in [5.74, 6) is 0.904. The van der Waals surface area contributed by atoms with Gasteiger partial charge in [-0.15, -0.1) is 10.2 Å². The maximum atomic E-state index is 12.8. The second-order valence-corrected chi connectivity index (χ2v) is 7.49. The minimum Gasteiger partial charge on any atom is -0.361 e. The molecule has 0 spiro atoms. The first-order chi connectivity index (χ1) is 13.1. The van der Waals surface area contributed by atoms with Crippen LogP contribution in [0.5, 0.6) is 0 Å². The first-order valence-corrected chi connectivity index (χ1v) is 9.60. The van der Waals surface area contributed by atoms with Crippen LogP contribution in [0.25, 0.3) is 10.9 Å². The fourth-order valence-electron chi connectivity index (χ4n) is 3.41. The summed E-state index contributed by atoms with van der Waals surface area (Å²) < 4.78 is 2.04. The molecule has 2 amide bonds. The van der Waals surface area contributed by atoms with Crippen molar-refractivity contribution in [1.82, 2.24) is 30.0 Å². The number of carbonyl (C=O) groups excluding carboxylic acids is 1. The molecule has 7 heteroatoms. The lowest BCUT2D eigenvalue weighted by molar-refractivity contribution is 0.192. The maximum absolute atomic E-state index is 12.8. The first kappa shape index (κ1) is 17.6. The molecule has 2 N–H and O–H groups in total. The number of amides is 2. The number of aromatic amines is 1. The summed E-state index contributed by atoms with van der Waals surface area (Å²) in [5.41, 5.74) is 2.28. The van der Waals surface area contributed by atoms with E-state index >= 15 is 0 Å². The third-order valence-corrected chi connectivity index (χ3v) is 5.05. The second-order valence-electron chi connectivity index (χ2n) is 7.49. The van der Waals surface area contributed by atoms with Crippen molar-refractivity contribution in [2.45, 2.75) is 51.7 Å². The minimum atomic E-state index is 0.00211. The Morgan fingerprint density at radius 3 is 3.00 bits per heavy atom. The summed E-state index contributed by atoms with van der Waals surface area (Å²) in [5, 5.41) is 12.4. The SMILES string of the molecule is CC(C)n1cnnc1CCNC(=O)N(Cc1ccc2[nH]ccc2c1)C1CC1. The Bertz CT molecular complexity index is 923. The van der Waals surface area contributed by atoms with Crippen LogP contribution in [0.15, 0.2) is 36.8 Å². The molecule has 2 aromatic heterocycles. The maximum Gasteiger partial charge on any atom is 0.317 e. The Balaban J connectivity index is 1.37. The number of carbonyl (C=O) groups is 1. The van der Waals surface area contributed by atoms with Gasteiger partial charge in [-0.25, -0.2) is 4.79 Å². The standard InChI is InChI=1S/C20H26N6O/c1-14(2)26-13-23-24-19(26)8-10-22-20(27)25(17-4-5-17)12-15-3-6-18-16(11-15)7-9-21-18/h3,6-7,9,11,13-14,17,21H,4-5,8,10,12H2,1-2H3,(H,22,27). The molecule has 0 bridgehead atoms. The number of H-pyrrole nitrogens is 1. The van der Waals surface area contributed by atoms with Crippen LogP contribution >= 0.6 is 0 Å². The number of aromatic nitrogens is 4. The van der Waals surface area contributed by atoms with Crippen molar-refractivity contribution >= 4 is 16.9 Å². The molecule has 2 heterocycles. The van der Waals surface area contributed by atoms with Gasteiger partial charge in [-0.05, 0) is 55.8 Å². The van der Waals surface area contributed by atoms with Gasteiger partial charge in [0.15, 0.2) is 0 Å². The number of hydrogen-bond acceptors (Lipinski definition) is 3. The van der Waals surface area contributed by atoms with Crippen molar-refractivity contribution in [1.29, 1.82) is 0 Å². The van der Waals surface area contributed by atoms with Gasteiger partial charge in [-0.2, -0.15) is 0 Å². The largest absolute Gasteiger partial charge is 0.361 e. The van der Waals surface area contributed by atoms with E-state index in [1.165, 1.54) is 5.39 Å². The van der Waals surface area contributed by atoms with E-state index in [1.807, 2.05) is 15.7 Å². The topological polar surface area (TPSA) is 78.8 Å². The summed E-state index contributed by atoms with van der Waals surface area (Å²) in [4.78, 5) is 17.9. The number of nitrogens with one attached hydrogen (secondary N) is 2. The van der Waals surface area contributed by atoms with E-state index in [-0.39, 0.29) is 6.03 Å². The molecule has 7 nitrogen and oxygen atoms in total. The summed E-state index contributed by atoms with van der Waals surface area (Å²) in [6.07, 6.45) is 6.53. The predicted octanol–water partition coefficient (Wildman–Crippen LogP) is 3.26. The lowest BCUT2D eigenvalue weighted by Crippen LogP contribution is -2.41. The van der Waals surface area contributed by atoms with Gasteiger partial charge in [0.1, 0.15) is 12.2 Å². The number of benzene rings is 1. The van der Waals surface area contributed by atoms with Crippen LogP contribution in [-0.2, 0) is 13.0 Å². The van der Waals surface area contributed by atoms with Crippen molar-refractivity contribution in [3.63, 3.8) is 0 Å². The van der Waals surface area contributed by atoms with E-state index < -0.39 is 0 Å². The highest BCUT2D eigenvalue weighted by molar-refractivity contribution is 5.80. The molecule has 0 radical (unpaired) electrons. The van der Waals surface area contributed by atoms with Crippen LogP contribution in [0.3, 0.4) is 0 Å². The molecule has 142 valence electrons. The highest BCUT2D eigenvalue weighted by Crippen LogP contribution is 2.29. The predicted molar refractivity (Wildman–Crippen MR) is 104 cm³/mol. The van der Waals surface area contributed by atoms with E-state index in [0.29, 0.717) is 31.6 Å². The van der Waals surface area contributed by atoms with Gasteiger partial charge in [0.05, 0.1) is 0 Å². The average Bonchev–Trinajstić information content (AvgIpc) is 3.18. The Hall–Kier alpha value is -2.83. The molecule has 0 aliphatic heterocycles. The minimum absolute atomic E-state index is 0.00211. The Kier molecular flexibility index (Phi) is 4.83. The second kappa shape index (κ2) is 7.42. The molecule has 1 saturated carbocycles. The quantitative estimate of drug-likeness (QED) is 0.674. The zero-order chi connectivity index (χ0) is 18.8. The first-order valence-electron chi connectivity index (χ1n) is 9.60. The van der Waals surface area contributed by atoms with Gasteiger partial charge in [0.2, 0.25) is 0 Å². The Morgan fingerprint density at radius 1 is 1.37 bits per heavy atom. The fourth-order valence-corrected chi connectivity index (χ4v) is 3.41. The van der Waals surface area contributed by atoms with E-state index in [4.69, 9.17) is 0 Å². The van der Waals surface area contributed by atoms with Crippen LogP contribution in [0.4, 0.5) is 4.79 Å². The van der Waals surface area contributed by atoms with Crippen molar-refractivity contribution < 1.29 is 4.79 Å². The van der Waals surface area contributed by atoms with Crippen LogP contribution in [0.2, 0.25) is 0 Å². The van der Waals surface area contributed by atoms with Crippen LogP contribution < -0.4 is 5.32 Å². The van der Waals surface area contributed by atoms with Crippen molar-refractivity contribution in [3.05, 3.63) is 48.2 Å². The van der Waals surface area contributed by atoms with E-state index in [0.717, 1.165) is 29.7 Å². The van der Waals surface area contributed by atoms with Crippen LogP contribution in [0, 0.1) is 0 Å². The van der Waals surface area contributed by atoms with Gasteiger partial charge >= 0.3 is 6.03 Å². The van der Waals surface area contributed by atoms with E-state index in [9.17, 15) is 4.79 Å². The normalized spacial score (nSPS) is 14.0. The molecular weight excluding hydrogens is 340 g/mol. The molecule has 0 saturated heterocycles.